The summed E-state index contributed by atoms with van der Waals surface area (Å²) in [6.45, 7) is 7.29. The highest BCUT2D eigenvalue weighted by atomic mass is 127. The van der Waals surface area contributed by atoms with Gasteiger partial charge in [0.05, 0.1) is 27.9 Å². The average molecular weight is 554 g/mol. The van der Waals surface area contributed by atoms with Gasteiger partial charge in [-0.25, -0.2) is 4.99 Å². The maximum atomic E-state index is 5.44. The van der Waals surface area contributed by atoms with Crippen LogP contribution in [-0.2, 0) is 19.5 Å². The lowest BCUT2D eigenvalue weighted by Gasteiger charge is -2.28. The molecule has 2 aromatic rings. The van der Waals surface area contributed by atoms with Crippen molar-refractivity contribution >= 4 is 29.9 Å². The summed E-state index contributed by atoms with van der Waals surface area (Å²) in [5.41, 5.74) is 3.91. The van der Waals surface area contributed by atoms with Crippen molar-refractivity contribution in [2.75, 3.05) is 47.5 Å². The number of benzene rings is 2. The van der Waals surface area contributed by atoms with Crippen LogP contribution >= 0.6 is 24.0 Å². The van der Waals surface area contributed by atoms with Crippen LogP contribution in [0.2, 0.25) is 0 Å². The van der Waals surface area contributed by atoms with E-state index < -0.39 is 0 Å². The predicted molar refractivity (Wildman–Crippen MR) is 140 cm³/mol. The fraction of sp³-hybridized carbons (Fsp3) is 0.458. The smallest absolute Gasteiger partial charge is 0.203 e. The SMILES string of the molecule is CCNC(=NCc1cc(OC)c(OC)c(OC)c1)NCCN1CCc2ccccc2C1.I. The number of guanidine groups is 1. The van der Waals surface area contributed by atoms with Gasteiger partial charge in [0.1, 0.15) is 0 Å². The Morgan fingerprint density at radius 2 is 1.69 bits per heavy atom. The third-order valence-corrected chi connectivity index (χ3v) is 5.42. The average Bonchev–Trinajstić information content (AvgIpc) is 2.81. The van der Waals surface area contributed by atoms with Gasteiger partial charge in [-0.2, -0.15) is 0 Å². The molecule has 176 valence electrons. The first-order valence-corrected chi connectivity index (χ1v) is 10.8. The lowest BCUT2D eigenvalue weighted by atomic mass is 10.00. The molecule has 0 aliphatic carbocycles. The molecule has 0 unspecified atom stereocenters. The summed E-state index contributed by atoms with van der Waals surface area (Å²) >= 11 is 0. The Kier molecular flexibility index (Phi) is 10.9. The molecule has 0 atom stereocenters. The predicted octanol–water partition coefficient (Wildman–Crippen LogP) is 3.44. The van der Waals surface area contributed by atoms with Crippen molar-refractivity contribution in [3.8, 4) is 17.2 Å². The van der Waals surface area contributed by atoms with Crippen molar-refractivity contribution in [3.63, 3.8) is 0 Å². The van der Waals surface area contributed by atoms with Crippen LogP contribution in [0.3, 0.4) is 0 Å². The summed E-state index contributed by atoms with van der Waals surface area (Å²) in [6, 6.07) is 12.6. The lowest BCUT2D eigenvalue weighted by Crippen LogP contribution is -2.42. The molecule has 1 aliphatic heterocycles. The van der Waals surface area contributed by atoms with Crippen molar-refractivity contribution in [2.24, 2.45) is 4.99 Å². The number of nitrogens with one attached hydrogen (secondary N) is 2. The van der Waals surface area contributed by atoms with Gasteiger partial charge in [-0.3, -0.25) is 4.90 Å². The van der Waals surface area contributed by atoms with Gasteiger partial charge in [0.25, 0.3) is 0 Å². The second-order valence-corrected chi connectivity index (χ2v) is 7.45. The maximum absolute atomic E-state index is 5.44. The fourth-order valence-electron chi connectivity index (χ4n) is 3.82. The monoisotopic (exact) mass is 554 g/mol. The molecule has 0 saturated heterocycles. The first-order chi connectivity index (χ1) is 15.2. The zero-order chi connectivity index (χ0) is 22.1. The van der Waals surface area contributed by atoms with E-state index in [9.17, 15) is 0 Å². The molecule has 0 spiro atoms. The largest absolute Gasteiger partial charge is 0.493 e. The number of fused-ring (bicyclic) bond motifs is 1. The van der Waals surface area contributed by atoms with Gasteiger partial charge in [-0.05, 0) is 42.2 Å². The molecule has 0 bridgehead atoms. The molecule has 0 fully saturated rings. The molecule has 0 aromatic heterocycles. The van der Waals surface area contributed by atoms with Crippen LogP contribution in [0.4, 0.5) is 0 Å². The highest BCUT2D eigenvalue weighted by Crippen LogP contribution is 2.38. The molecular weight excluding hydrogens is 519 g/mol. The molecule has 2 N–H and O–H groups in total. The van der Waals surface area contributed by atoms with Crippen LogP contribution in [0.1, 0.15) is 23.6 Å². The Balaban J connectivity index is 0.00000363. The van der Waals surface area contributed by atoms with E-state index >= 15 is 0 Å². The third-order valence-electron chi connectivity index (χ3n) is 5.42. The van der Waals surface area contributed by atoms with Gasteiger partial charge in [0, 0.05) is 32.7 Å². The van der Waals surface area contributed by atoms with Crippen LogP contribution in [0, 0.1) is 0 Å². The van der Waals surface area contributed by atoms with Gasteiger partial charge in [-0.1, -0.05) is 24.3 Å². The first kappa shape index (κ1) is 26.1. The van der Waals surface area contributed by atoms with Gasteiger partial charge in [-0.15, -0.1) is 24.0 Å². The van der Waals surface area contributed by atoms with Gasteiger partial charge >= 0.3 is 0 Å². The van der Waals surface area contributed by atoms with Crippen molar-refractivity contribution < 1.29 is 14.2 Å². The summed E-state index contributed by atoms with van der Waals surface area (Å²) < 4.78 is 16.3. The Bertz CT molecular complexity index is 866. The zero-order valence-corrected chi connectivity index (χ0v) is 21.8. The van der Waals surface area contributed by atoms with E-state index in [0.717, 1.165) is 50.7 Å². The lowest BCUT2D eigenvalue weighted by molar-refractivity contribution is 0.258. The molecule has 0 amide bonds. The van der Waals surface area contributed by atoms with Gasteiger partial charge in [0.15, 0.2) is 17.5 Å². The van der Waals surface area contributed by atoms with E-state index in [4.69, 9.17) is 19.2 Å². The van der Waals surface area contributed by atoms with Crippen LogP contribution < -0.4 is 24.8 Å². The summed E-state index contributed by atoms with van der Waals surface area (Å²) in [5, 5.41) is 6.77. The van der Waals surface area contributed by atoms with E-state index in [2.05, 4.69) is 46.7 Å². The molecule has 0 saturated carbocycles. The first-order valence-electron chi connectivity index (χ1n) is 10.8. The van der Waals surface area contributed by atoms with Crippen LogP contribution in [0.5, 0.6) is 17.2 Å². The van der Waals surface area contributed by atoms with Crippen molar-refractivity contribution in [1.82, 2.24) is 15.5 Å². The number of hydrogen-bond acceptors (Lipinski definition) is 5. The second kappa shape index (κ2) is 13.4. The number of aliphatic imine (C=N–C) groups is 1. The fourth-order valence-corrected chi connectivity index (χ4v) is 3.82. The molecule has 3 rings (SSSR count). The topological polar surface area (TPSA) is 67.4 Å². The normalized spacial score (nSPS) is 13.6. The number of ether oxygens (including phenoxy) is 3. The Morgan fingerprint density at radius 1 is 1.00 bits per heavy atom. The summed E-state index contributed by atoms with van der Waals surface area (Å²) in [6.07, 6.45) is 1.12. The minimum atomic E-state index is 0. The number of methoxy groups -OCH3 is 3. The third kappa shape index (κ3) is 6.90. The Morgan fingerprint density at radius 3 is 2.31 bits per heavy atom. The van der Waals surface area contributed by atoms with Crippen LogP contribution in [0.15, 0.2) is 41.4 Å². The summed E-state index contributed by atoms with van der Waals surface area (Å²) in [5.74, 6) is 2.66. The number of rotatable bonds is 9. The van der Waals surface area contributed by atoms with Crippen LogP contribution in [-0.4, -0.2) is 58.4 Å². The van der Waals surface area contributed by atoms with E-state index in [1.165, 1.54) is 11.1 Å². The van der Waals surface area contributed by atoms with Gasteiger partial charge < -0.3 is 24.8 Å². The molecular formula is C24H35IN4O3. The van der Waals surface area contributed by atoms with E-state index in [0.29, 0.717) is 23.8 Å². The molecule has 1 aliphatic rings. The molecule has 7 nitrogen and oxygen atoms in total. The highest BCUT2D eigenvalue weighted by Gasteiger charge is 2.15. The number of hydrogen-bond donors (Lipinski definition) is 2. The summed E-state index contributed by atoms with van der Waals surface area (Å²) in [7, 11) is 4.84. The molecule has 2 aromatic carbocycles. The Labute approximate surface area is 208 Å². The zero-order valence-electron chi connectivity index (χ0n) is 19.4. The minimum absolute atomic E-state index is 0. The quantitative estimate of drug-likeness (QED) is 0.281. The van der Waals surface area contributed by atoms with Crippen molar-refractivity contribution in [2.45, 2.75) is 26.4 Å². The number of nitrogens with zero attached hydrogens (tertiary/aromatic N) is 2. The summed E-state index contributed by atoms with van der Waals surface area (Å²) in [4.78, 5) is 7.22. The highest BCUT2D eigenvalue weighted by molar-refractivity contribution is 14.0. The second-order valence-electron chi connectivity index (χ2n) is 7.45. The number of halogens is 1. The molecule has 0 radical (unpaired) electrons. The van der Waals surface area contributed by atoms with Gasteiger partial charge in [0.2, 0.25) is 5.75 Å². The van der Waals surface area contributed by atoms with Crippen molar-refractivity contribution in [3.05, 3.63) is 53.1 Å². The molecule has 8 heteroatoms. The van der Waals surface area contributed by atoms with Crippen LogP contribution in [0.25, 0.3) is 0 Å². The minimum Gasteiger partial charge on any atom is -0.493 e. The van der Waals surface area contributed by atoms with Crippen molar-refractivity contribution in [1.29, 1.82) is 0 Å². The maximum Gasteiger partial charge on any atom is 0.203 e. The Hall–Kier alpha value is -2.20. The standard InChI is InChI=1S/C24H34N4O3.HI/c1-5-25-24(26-11-13-28-12-10-19-8-6-7-9-20(19)17-28)27-16-18-14-21(29-2)23(31-4)22(15-18)30-3;/h6-9,14-15H,5,10-13,16-17H2,1-4H3,(H2,25,26,27);1H. The molecule has 32 heavy (non-hydrogen) atoms. The van der Waals surface area contributed by atoms with E-state index in [1.54, 1.807) is 21.3 Å². The van der Waals surface area contributed by atoms with E-state index in [1.807, 2.05) is 12.1 Å². The van der Waals surface area contributed by atoms with E-state index in [-0.39, 0.29) is 24.0 Å². The molecule has 1 heterocycles.